The van der Waals surface area contributed by atoms with Gasteiger partial charge in [0.2, 0.25) is 5.88 Å². The quantitative estimate of drug-likeness (QED) is 0.213. The minimum absolute atomic E-state index is 0. The first-order valence-corrected chi connectivity index (χ1v) is 10.5. The predicted molar refractivity (Wildman–Crippen MR) is 130 cm³/mol. The molecule has 2 aromatic rings. The monoisotopic (exact) mass is 547 g/mol. The van der Waals surface area contributed by atoms with Crippen LogP contribution in [0.15, 0.2) is 23.3 Å². The lowest BCUT2D eigenvalue weighted by atomic mass is 10.2. The van der Waals surface area contributed by atoms with Gasteiger partial charge >= 0.3 is 5.97 Å². The van der Waals surface area contributed by atoms with Gasteiger partial charge in [-0.25, -0.2) is 14.8 Å². The van der Waals surface area contributed by atoms with Crippen LogP contribution >= 0.6 is 35.3 Å². The second kappa shape index (κ2) is 13.4. The Balaban J connectivity index is 0.00000450. The number of pyridine rings is 1. The van der Waals surface area contributed by atoms with Gasteiger partial charge in [0.25, 0.3) is 0 Å². The highest BCUT2D eigenvalue weighted by Gasteiger charge is 2.20. The Bertz CT molecular complexity index is 844. The third kappa shape index (κ3) is 7.38. The first kappa shape index (κ1) is 26.1. The summed E-state index contributed by atoms with van der Waals surface area (Å²) in [4.78, 5) is 25.6. The van der Waals surface area contributed by atoms with Crippen LogP contribution in [0, 0.1) is 6.92 Å². The van der Waals surface area contributed by atoms with Crippen LogP contribution in [0.1, 0.15) is 59.2 Å². The predicted octanol–water partition coefficient (Wildman–Crippen LogP) is 3.86. The van der Waals surface area contributed by atoms with Gasteiger partial charge in [-0.2, -0.15) is 0 Å². The van der Waals surface area contributed by atoms with Gasteiger partial charge in [-0.15, -0.1) is 35.3 Å². The molecule has 10 heteroatoms. The van der Waals surface area contributed by atoms with Gasteiger partial charge in [-0.3, -0.25) is 4.99 Å². The normalized spacial score (nSPS) is 12.0. The van der Waals surface area contributed by atoms with E-state index in [9.17, 15) is 4.79 Å². The van der Waals surface area contributed by atoms with E-state index in [1.165, 1.54) is 11.3 Å². The molecule has 0 aliphatic heterocycles. The summed E-state index contributed by atoms with van der Waals surface area (Å²) in [6.07, 6.45) is 2.64. The van der Waals surface area contributed by atoms with Crippen LogP contribution in [-0.2, 0) is 11.3 Å². The Morgan fingerprint density at radius 1 is 1.37 bits per heavy atom. The average Bonchev–Trinajstić information content (AvgIpc) is 3.12. The number of carbonyl (C=O) groups is 1. The number of rotatable bonds is 9. The van der Waals surface area contributed by atoms with E-state index in [-0.39, 0.29) is 36.0 Å². The van der Waals surface area contributed by atoms with Crippen molar-refractivity contribution < 1.29 is 14.3 Å². The summed E-state index contributed by atoms with van der Waals surface area (Å²) in [5, 5.41) is 7.37. The standard InChI is InChI=1S/C20H29N5O3S.HI/c1-6-11-28-17-15(9-8-10-22-17)12-23-20(21-5)25-14(4)18-24-13(3)16(29-18)19(26)27-7-2;/h8-10,14H,6-7,11-12H2,1-5H3,(H2,21,23,25);1H. The van der Waals surface area contributed by atoms with Gasteiger partial charge in [-0.05, 0) is 33.3 Å². The molecule has 30 heavy (non-hydrogen) atoms. The number of halogens is 1. The zero-order valence-corrected chi connectivity index (χ0v) is 21.2. The van der Waals surface area contributed by atoms with E-state index in [0.717, 1.165) is 17.0 Å². The van der Waals surface area contributed by atoms with Crippen LogP contribution < -0.4 is 15.4 Å². The summed E-state index contributed by atoms with van der Waals surface area (Å²) in [5.74, 6) is 0.910. The van der Waals surface area contributed by atoms with Crippen molar-refractivity contribution in [3.05, 3.63) is 39.5 Å². The highest BCUT2D eigenvalue weighted by molar-refractivity contribution is 14.0. The summed E-state index contributed by atoms with van der Waals surface area (Å²) >= 11 is 1.33. The van der Waals surface area contributed by atoms with Crippen molar-refractivity contribution in [1.29, 1.82) is 0 Å². The van der Waals surface area contributed by atoms with Gasteiger partial charge in [0.1, 0.15) is 9.88 Å². The Kier molecular flexibility index (Phi) is 11.6. The largest absolute Gasteiger partial charge is 0.477 e. The van der Waals surface area contributed by atoms with Crippen molar-refractivity contribution in [3.63, 3.8) is 0 Å². The number of nitrogens with zero attached hydrogens (tertiary/aromatic N) is 3. The summed E-state index contributed by atoms with van der Waals surface area (Å²) in [7, 11) is 1.71. The molecule has 0 aliphatic carbocycles. The molecule has 0 spiro atoms. The molecular formula is C20H30IN5O3S. The van der Waals surface area contributed by atoms with Gasteiger partial charge in [-0.1, -0.05) is 13.0 Å². The van der Waals surface area contributed by atoms with E-state index in [1.807, 2.05) is 26.0 Å². The summed E-state index contributed by atoms with van der Waals surface area (Å²) in [6.45, 7) is 9.11. The van der Waals surface area contributed by atoms with Crippen molar-refractivity contribution in [2.75, 3.05) is 20.3 Å². The lowest BCUT2D eigenvalue weighted by Crippen LogP contribution is -2.38. The highest BCUT2D eigenvalue weighted by Crippen LogP contribution is 2.24. The zero-order chi connectivity index (χ0) is 21.2. The Morgan fingerprint density at radius 3 is 2.80 bits per heavy atom. The number of esters is 1. The first-order valence-electron chi connectivity index (χ1n) is 9.68. The number of nitrogens with one attached hydrogen (secondary N) is 2. The molecule has 2 heterocycles. The van der Waals surface area contributed by atoms with Gasteiger partial charge < -0.3 is 20.1 Å². The SMILES string of the molecule is CCCOc1ncccc1CNC(=NC)NC(C)c1nc(C)c(C(=O)OCC)s1.I. The lowest BCUT2D eigenvalue weighted by Gasteiger charge is -2.17. The molecule has 0 saturated carbocycles. The Morgan fingerprint density at radius 2 is 2.13 bits per heavy atom. The topological polar surface area (TPSA) is 97.7 Å². The zero-order valence-electron chi connectivity index (χ0n) is 18.0. The van der Waals surface area contributed by atoms with E-state index < -0.39 is 0 Å². The van der Waals surface area contributed by atoms with Crippen molar-refractivity contribution in [1.82, 2.24) is 20.6 Å². The van der Waals surface area contributed by atoms with E-state index in [4.69, 9.17) is 9.47 Å². The van der Waals surface area contributed by atoms with Crippen molar-refractivity contribution >= 4 is 47.2 Å². The molecule has 2 rings (SSSR count). The maximum atomic E-state index is 12.0. The Hall–Kier alpha value is -1.95. The molecule has 0 radical (unpaired) electrons. The van der Waals surface area contributed by atoms with Crippen LogP contribution in [0.3, 0.4) is 0 Å². The summed E-state index contributed by atoms with van der Waals surface area (Å²) in [5.41, 5.74) is 1.62. The van der Waals surface area contributed by atoms with Crippen molar-refractivity contribution in [2.45, 2.75) is 46.7 Å². The number of guanidine groups is 1. The molecule has 0 saturated heterocycles. The number of aromatic nitrogens is 2. The maximum Gasteiger partial charge on any atom is 0.350 e. The summed E-state index contributed by atoms with van der Waals surface area (Å²) < 4.78 is 10.8. The molecule has 0 fully saturated rings. The molecule has 0 aromatic carbocycles. The first-order chi connectivity index (χ1) is 14.0. The molecule has 8 nitrogen and oxygen atoms in total. The van der Waals surface area contributed by atoms with Crippen LogP contribution in [0.2, 0.25) is 0 Å². The average molecular weight is 547 g/mol. The highest BCUT2D eigenvalue weighted by atomic mass is 127. The molecule has 0 aliphatic rings. The van der Waals surface area contributed by atoms with Gasteiger partial charge in [0, 0.05) is 25.4 Å². The van der Waals surface area contributed by atoms with E-state index in [2.05, 4.69) is 32.5 Å². The number of aryl methyl sites for hydroxylation is 1. The minimum Gasteiger partial charge on any atom is -0.477 e. The van der Waals surface area contributed by atoms with Crippen LogP contribution in [0.5, 0.6) is 5.88 Å². The Labute approximate surface area is 198 Å². The number of hydrogen-bond acceptors (Lipinski definition) is 7. The van der Waals surface area contributed by atoms with Gasteiger partial charge in [0.15, 0.2) is 5.96 Å². The van der Waals surface area contributed by atoms with Crippen molar-refractivity contribution in [3.8, 4) is 5.88 Å². The molecule has 2 aromatic heterocycles. The molecule has 0 bridgehead atoms. The molecule has 2 N–H and O–H groups in total. The lowest BCUT2D eigenvalue weighted by molar-refractivity contribution is 0.0531. The molecular weight excluding hydrogens is 517 g/mol. The maximum absolute atomic E-state index is 12.0. The molecule has 0 amide bonds. The number of ether oxygens (including phenoxy) is 2. The number of thiazole rings is 1. The molecule has 1 unspecified atom stereocenters. The smallest absolute Gasteiger partial charge is 0.350 e. The third-order valence-electron chi connectivity index (χ3n) is 3.96. The van der Waals surface area contributed by atoms with Crippen LogP contribution in [-0.4, -0.2) is 42.2 Å². The second-order valence-corrected chi connectivity index (χ2v) is 7.33. The second-order valence-electron chi connectivity index (χ2n) is 6.30. The number of aliphatic imine (C=N–C) groups is 1. The van der Waals surface area contributed by atoms with E-state index >= 15 is 0 Å². The van der Waals surface area contributed by atoms with E-state index in [0.29, 0.717) is 42.2 Å². The van der Waals surface area contributed by atoms with Crippen molar-refractivity contribution in [2.24, 2.45) is 4.99 Å². The van der Waals surface area contributed by atoms with Crippen LogP contribution in [0.4, 0.5) is 0 Å². The van der Waals surface area contributed by atoms with Crippen LogP contribution in [0.25, 0.3) is 0 Å². The van der Waals surface area contributed by atoms with E-state index in [1.54, 1.807) is 20.2 Å². The minimum atomic E-state index is -0.334. The fourth-order valence-corrected chi connectivity index (χ4v) is 3.48. The fourth-order valence-electron chi connectivity index (χ4n) is 2.52. The molecule has 1 atom stereocenters. The number of carbonyl (C=O) groups excluding carboxylic acids is 1. The third-order valence-corrected chi connectivity index (χ3v) is 5.28. The van der Waals surface area contributed by atoms with Gasteiger partial charge in [0.05, 0.1) is 24.9 Å². The fraction of sp³-hybridized carbons (Fsp3) is 0.500. The summed E-state index contributed by atoms with van der Waals surface area (Å²) in [6, 6.07) is 3.72. The molecule has 166 valence electrons. The number of hydrogen-bond donors (Lipinski definition) is 2.